The number of ether oxygens (including phenoxy) is 2. The highest BCUT2D eigenvalue weighted by Gasteiger charge is 2.34. The Morgan fingerprint density at radius 2 is 1.59 bits per heavy atom. The molecule has 3 rings (SSSR count). The van der Waals surface area contributed by atoms with Crippen molar-refractivity contribution in [2.24, 2.45) is 0 Å². The SMILES string of the molecule is CCOc1ccccc1N(CC(=O)N(Cc1ccc(OC)cc1)[C@@H](C)C(=O)NC(C)C)S(=O)(=O)c1ccc(Cl)cc1. The van der Waals surface area contributed by atoms with E-state index in [0.717, 1.165) is 9.87 Å². The molecule has 220 valence electrons. The molecule has 9 nitrogen and oxygen atoms in total. The number of hydrogen-bond acceptors (Lipinski definition) is 6. The lowest BCUT2D eigenvalue weighted by atomic mass is 10.1. The number of benzene rings is 3. The van der Waals surface area contributed by atoms with Crippen molar-refractivity contribution in [2.45, 2.75) is 51.2 Å². The number of rotatable bonds is 13. The molecule has 0 saturated carbocycles. The van der Waals surface area contributed by atoms with E-state index in [2.05, 4.69) is 5.32 Å². The molecule has 0 aromatic heterocycles. The number of para-hydroxylation sites is 2. The molecule has 0 aliphatic carbocycles. The molecule has 41 heavy (non-hydrogen) atoms. The second-order valence-electron chi connectivity index (χ2n) is 9.58. The lowest BCUT2D eigenvalue weighted by Crippen LogP contribution is -2.52. The number of nitrogens with one attached hydrogen (secondary N) is 1. The minimum absolute atomic E-state index is 0.0479. The van der Waals surface area contributed by atoms with Gasteiger partial charge in [0.2, 0.25) is 11.8 Å². The van der Waals surface area contributed by atoms with Gasteiger partial charge in [0.25, 0.3) is 10.0 Å². The molecule has 0 spiro atoms. The van der Waals surface area contributed by atoms with Crippen molar-refractivity contribution < 1.29 is 27.5 Å². The second kappa shape index (κ2) is 14.2. The van der Waals surface area contributed by atoms with Crippen molar-refractivity contribution in [1.82, 2.24) is 10.2 Å². The van der Waals surface area contributed by atoms with Gasteiger partial charge in [-0.1, -0.05) is 35.9 Å². The lowest BCUT2D eigenvalue weighted by molar-refractivity contribution is -0.139. The molecular weight excluding hydrogens is 566 g/mol. The van der Waals surface area contributed by atoms with Crippen LogP contribution in [0.25, 0.3) is 0 Å². The van der Waals surface area contributed by atoms with E-state index >= 15 is 0 Å². The Balaban J connectivity index is 2.07. The van der Waals surface area contributed by atoms with E-state index in [-0.39, 0.29) is 35.7 Å². The first-order valence-electron chi connectivity index (χ1n) is 13.2. The van der Waals surface area contributed by atoms with E-state index < -0.39 is 28.5 Å². The summed E-state index contributed by atoms with van der Waals surface area (Å²) in [7, 11) is -2.70. The van der Waals surface area contributed by atoms with Crippen molar-refractivity contribution in [1.29, 1.82) is 0 Å². The maximum absolute atomic E-state index is 14.0. The fourth-order valence-electron chi connectivity index (χ4n) is 4.10. The summed E-state index contributed by atoms with van der Waals surface area (Å²) in [5, 5.41) is 3.21. The molecule has 0 heterocycles. The number of carbonyl (C=O) groups is 2. The van der Waals surface area contributed by atoms with Crippen LogP contribution in [0.1, 0.15) is 33.3 Å². The van der Waals surface area contributed by atoms with Crippen LogP contribution in [0.5, 0.6) is 11.5 Å². The van der Waals surface area contributed by atoms with Gasteiger partial charge in [-0.2, -0.15) is 0 Å². The molecule has 0 fully saturated rings. The van der Waals surface area contributed by atoms with Crippen LogP contribution >= 0.6 is 11.6 Å². The number of hydrogen-bond donors (Lipinski definition) is 1. The Morgan fingerprint density at radius 1 is 0.951 bits per heavy atom. The molecule has 0 radical (unpaired) electrons. The van der Waals surface area contributed by atoms with Crippen LogP contribution in [0.3, 0.4) is 0 Å². The maximum Gasteiger partial charge on any atom is 0.264 e. The van der Waals surface area contributed by atoms with Gasteiger partial charge < -0.3 is 19.7 Å². The fourth-order valence-corrected chi connectivity index (χ4v) is 5.65. The molecule has 0 aliphatic heterocycles. The maximum atomic E-state index is 14.0. The summed E-state index contributed by atoms with van der Waals surface area (Å²) < 4.78 is 40.0. The minimum Gasteiger partial charge on any atom is -0.497 e. The van der Waals surface area contributed by atoms with Gasteiger partial charge in [0, 0.05) is 17.6 Å². The first kappa shape index (κ1) is 31.8. The van der Waals surface area contributed by atoms with E-state index in [9.17, 15) is 18.0 Å². The van der Waals surface area contributed by atoms with Crippen LogP contribution in [0.4, 0.5) is 5.69 Å². The number of methoxy groups -OCH3 is 1. The summed E-state index contributed by atoms with van der Waals surface area (Å²) >= 11 is 6.01. The van der Waals surface area contributed by atoms with Gasteiger partial charge in [0.05, 0.1) is 24.3 Å². The summed E-state index contributed by atoms with van der Waals surface area (Å²) in [5.41, 5.74) is 0.937. The van der Waals surface area contributed by atoms with Crippen LogP contribution in [0.2, 0.25) is 5.02 Å². The van der Waals surface area contributed by atoms with Crippen LogP contribution in [0, 0.1) is 0 Å². The van der Waals surface area contributed by atoms with E-state index in [0.29, 0.717) is 16.5 Å². The summed E-state index contributed by atoms with van der Waals surface area (Å²) in [6, 6.07) is 18.4. The fraction of sp³-hybridized carbons (Fsp3) is 0.333. The summed E-state index contributed by atoms with van der Waals surface area (Å²) in [6.45, 7) is 6.82. The van der Waals surface area contributed by atoms with E-state index in [1.165, 1.54) is 29.2 Å². The second-order valence-corrected chi connectivity index (χ2v) is 11.9. The van der Waals surface area contributed by atoms with Crippen molar-refractivity contribution >= 4 is 39.1 Å². The molecular formula is C30H36ClN3O6S. The lowest BCUT2D eigenvalue weighted by Gasteiger charge is -2.32. The molecule has 0 aliphatic rings. The normalized spacial score (nSPS) is 12.0. The van der Waals surface area contributed by atoms with Crippen molar-refractivity contribution in [2.75, 3.05) is 24.6 Å². The third-order valence-corrected chi connectivity index (χ3v) is 8.25. The topological polar surface area (TPSA) is 105 Å². The quantitative estimate of drug-likeness (QED) is 0.299. The molecule has 1 atom stereocenters. The van der Waals surface area contributed by atoms with Crippen LogP contribution in [-0.4, -0.2) is 57.5 Å². The highest BCUT2D eigenvalue weighted by atomic mass is 35.5. The first-order valence-corrected chi connectivity index (χ1v) is 15.0. The number of halogens is 1. The van der Waals surface area contributed by atoms with Gasteiger partial charge >= 0.3 is 0 Å². The monoisotopic (exact) mass is 601 g/mol. The van der Waals surface area contributed by atoms with E-state index in [4.69, 9.17) is 21.1 Å². The molecule has 0 unspecified atom stereocenters. The van der Waals surface area contributed by atoms with Crippen molar-refractivity contribution in [3.8, 4) is 11.5 Å². The number of amides is 2. The number of nitrogens with zero attached hydrogens (tertiary/aromatic N) is 2. The Bertz CT molecular complexity index is 1430. The molecule has 3 aromatic carbocycles. The summed E-state index contributed by atoms with van der Waals surface area (Å²) in [6.07, 6.45) is 0. The van der Waals surface area contributed by atoms with Gasteiger partial charge in [-0.25, -0.2) is 8.42 Å². The zero-order valence-electron chi connectivity index (χ0n) is 23.8. The van der Waals surface area contributed by atoms with Gasteiger partial charge in [-0.05, 0) is 81.8 Å². The zero-order chi connectivity index (χ0) is 30.2. The first-order chi connectivity index (χ1) is 19.5. The molecule has 3 aromatic rings. The zero-order valence-corrected chi connectivity index (χ0v) is 25.4. The minimum atomic E-state index is -4.26. The largest absolute Gasteiger partial charge is 0.497 e. The standard InChI is InChI=1S/C30H36ClN3O6S/c1-6-40-28-10-8-7-9-27(28)34(41(37,38)26-17-13-24(31)14-18-26)20-29(35)33(22(4)30(36)32-21(2)3)19-23-11-15-25(39-5)16-12-23/h7-18,21-22H,6,19-20H2,1-5H3,(H,32,36)/t22-/m0/s1. The van der Waals surface area contributed by atoms with Gasteiger partial charge in [0.1, 0.15) is 24.1 Å². The number of carbonyl (C=O) groups excluding carboxylic acids is 2. The van der Waals surface area contributed by atoms with Gasteiger partial charge in [-0.15, -0.1) is 0 Å². The number of anilines is 1. The predicted octanol–water partition coefficient (Wildman–Crippen LogP) is 4.88. The summed E-state index contributed by atoms with van der Waals surface area (Å²) in [4.78, 5) is 28.4. The molecule has 1 N–H and O–H groups in total. The van der Waals surface area contributed by atoms with Crippen LogP contribution in [0.15, 0.2) is 77.7 Å². The summed E-state index contributed by atoms with van der Waals surface area (Å²) in [5.74, 6) is 0.0115. The number of sulfonamides is 1. The van der Waals surface area contributed by atoms with Gasteiger partial charge in [-0.3, -0.25) is 13.9 Å². The molecule has 2 amide bonds. The smallest absolute Gasteiger partial charge is 0.264 e. The van der Waals surface area contributed by atoms with E-state index in [1.807, 2.05) is 13.8 Å². The van der Waals surface area contributed by atoms with Crippen LogP contribution < -0.4 is 19.1 Å². The third kappa shape index (κ3) is 8.14. The molecule has 0 bridgehead atoms. The third-order valence-electron chi connectivity index (χ3n) is 6.22. The average molecular weight is 602 g/mol. The Labute approximate surface area is 247 Å². The Kier molecular flexibility index (Phi) is 11.0. The molecule has 0 saturated heterocycles. The Morgan fingerprint density at radius 3 is 2.17 bits per heavy atom. The highest BCUT2D eigenvalue weighted by Crippen LogP contribution is 2.33. The van der Waals surface area contributed by atoms with Crippen molar-refractivity contribution in [3.63, 3.8) is 0 Å². The average Bonchev–Trinajstić information content (AvgIpc) is 2.95. The van der Waals surface area contributed by atoms with Gasteiger partial charge in [0.15, 0.2) is 0 Å². The van der Waals surface area contributed by atoms with Crippen LogP contribution in [-0.2, 0) is 26.2 Å². The highest BCUT2D eigenvalue weighted by molar-refractivity contribution is 7.92. The molecule has 11 heteroatoms. The van der Waals surface area contributed by atoms with Crippen molar-refractivity contribution in [3.05, 3.63) is 83.4 Å². The van der Waals surface area contributed by atoms with E-state index in [1.54, 1.807) is 69.5 Å². The Hall–Kier alpha value is -3.76. The predicted molar refractivity (Wildman–Crippen MR) is 160 cm³/mol.